The number of carbonyl (C=O) groups excluding carboxylic acids is 1. The minimum absolute atomic E-state index is 0.0144. The highest BCUT2D eigenvalue weighted by Crippen LogP contribution is 2.24. The van der Waals surface area contributed by atoms with Crippen molar-refractivity contribution in [1.29, 1.82) is 0 Å². The fourth-order valence-electron chi connectivity index (χ4n) is 1.99. The number of carbonyl (C=O) groups is 1. The van der Waals surface area contributed by atoms with Crippen LogP contribution < -0.4 is 4.74 Å². The molecule has 0 aromatic heterocycles. The SMILES string of the molecule is COCCOc1ccccc1C(=O)C1CCCO1. The molecule has 98 valence electrons. The van der Waals surface area contributed by atoms with Crippen molar-refractivity contribution >= 4 is 5.78 Å². The fourth-order valence-corrected chi connectivity index (χ4v) is 1.99. The second-order valence-electron chi connectivity index (χ2n) is 4.20. The van der Waals surface area contributed by atoms with E-state index in [-0.39, 0.29) is 11.9 Å². The topological polar surface area (TPSA) is 44.8 Å². The van der Waals surface area contributed by atoms with Crippen molar-refractivity contribution in [2.24, 2.45) is 0 Å². The highest BCUT2D eigenvalue weighted by molar-refractivity contribution is 6.01. The zero-order valence-electron chi connectivity index (χ0n) is 10.6. The Morgan fingerprint density at radius 2 is 2.22 bits per heavy atom. The summed E-state index contributed by atoms with van der Waals surface area (Å²) in [6, 6.07) is 7.28. The molecule has 1 aromatic carbocycles. The van der Waals surface area contributed by atoms with Gasteiger partial charge in [0.05, 0.1) is 12.2 Å². The van der Waals surface area contributed by atoms with Crippen LogP contribution in [0.2, 0.25) is 0 Å². The Kier molecular flexibility index (Phi) is 4.73. The van der Waals surface area contributed by atoms with Crippen molar-refractivity contribution in [3.63, 3.8) is 0 Å². The normalized spacial score (nSPS) is 18.8. The van der Waals surface area contributed by atoms with E-state index >= 15 is 0 Å². The number of ketones is 1. The number of methoxy groups -OCH3 is 1. The number of rotatable bonds is 6. The molecule has 1 unspecified atom stereocenters. The quantitative estimate of drug-likeness (QED) is 0.572. The first-order chi connectivity index (χ1) is 8.83. The predicted molar refractivity (Wildman–Crippen MR) is 67.1 cm³/mol. The standard InChI is InChI=1S/C14H18O4/c1-16-9-10-18-12-6-3-2-5-11(12)14(15)13-7-4-8-17-13/h2-3,5-6,13H,4,7-10H2,1H3. The van der Waals surface area contributed by atoms with E-state index in [1.54, 1.807) is 19.2 Å². The zero-order chi connectivity index (χ0) is 12.8. The molecule has 1 saturated heterocycles. The summed E-state index contributed by atoms with van der Waals surface area (Å²) in [5.41, 5.74) is 0.598. The highest BCUT2D eigenvalue weighted by atomic mass is 16.5. The van der Waals surface area contributed by atoms with Gasteiger partial charge in [0, 0.05) is 13.7 Å². The predicted octanol–water partition coefficient (Wildman–Crippen LogP) is 2.07. The van der Waals surface area contributed by atoms with Crippen molar-refractivity contribution in [2.75, 3.05) is 26.9 Å². The van der Waals surface area contributed by atoms with Crippen LogP contribution in [-0.4, -0.2) is 38.8 Å². The summed E-state index contributed by atoms with van der Waals surface area (Å²) in [5.74, 6) is 0.621. The second kappa shape index (κ2) is 6.52. The van der Waals surface area contributed by atoms with Crippen molar-refractivity contribution in [3.05, 3.63) is 29.8 Å². The molecule has 0 amide bonds. The van der Waals surface area contributed by atoms with Gasteiger partial charge < -0.3 is 14.2 Å². The first-order valence-electron chi connectivity index (χ1n) is 6.19. The molecule has 1 heterocycles. The lowest BCUT2D eigenvalue weighted by Crippen LogP contribution is -2.20. The van der Waals surface area contributed by atoms with Crippen LogP contribution in [0.1, 0.15) is 23.2 Å². The van der Waals surface area contributed by atoms with E-state index in [9.17, 15) is 4.79 Å². The molecule has 0 N–H and O–H groups in total. The van der Waals surface area contributed by atoms with Gasteiger partial charge in [0.1, 0.15) is 18.5 Å². The van der Waals surface area contributed by atoms with E-state index in [0.717, 1.165) is 12.8 Å². The smallest absolute Gasteiger partial charge is 0.195 e. The van der Waals surface area contributed by atoms with Crippen LogP contribution in [0.3, 0.4) is 0 Å². The van der Waals surface area contributed by atoms with Gasteiger partial charge in [0.2, 0.25) is 0 Å². The third-order valence-electron chi connectivity index (χ3n) is 2.92. The fraction of sp³-hybridized carbons (Fsp3) is 0.500. The van der Waals surface area contributed by atoms with E-state index in [1.165, 1.54) is 0 Å². The summed E-state index contributed by atoms with van der Waals surface area (Å²) >= 11 is 0. The molecule has 4 heteroatoms. The highest BCUT2D eigenvalue weighted by Gasteiger charge is 2.26. The van der Waals surface area contributed by atoms with Crippen molar-refractivity contribution in [1.82, 2.24) is 0 Å². The Bertz CT molecular complexity index is 397. The van der Waals surface area contributed by atoms with E-state index in [4.69, 9.17) is 14.2 Å². The molecule has 0 bridgehead atoms. The molecule has 0 spiro atoms. The van der Waals surface area contributed by atoms with Gasteiger partial charge in [-0.05, 0) is 25.0 Å². The molecule has 18 heavy (non-hydrogen) atoms. The van der Waals surface area contributed by atoms with Crippen molar-refractivity contribution in [3.8, 4) is 5.75 Å². The molecule has 2 rings (SSSR count). The molecule has 1 aliphatic heterocycles. The number of para-hydroxylation sites is 1. The Morgan fingerprint density at radius 1 is 1.39 bits per heavy atom. The van der Waals surface area contributed by atoms with Crippen molar-refractivity contribution < 1.29 is 19.0 Å². The second-order valence-corrected chi connectivity index (χ2v) is 4.20. The zero-order valence-corrected chi connectivity index (χ0v) is 10.6. The van der Waals surface area contributed by atoms with E-state index < -0.39 is 0 Å². The maximum absolute atomic E-state index is 12.3. The molecule has 0 radical (unpaired) electrons. The lowest BCUT2D eigenvalue weighted by molar-refractivity contribution is 0.0637. The minimum Gasteiger partial charge on any atom is -0.490 e. The summed E-state index contributed by atoms with van der Waals surface area (Å²) in [4.78, 5) is 12.3. The molecule has 1 aromatic rings. The average molecular weight is 250 g/mol. The first-order valence-corrected chi connectivity index (χ1v) is 6.19. The summed E-state index contributed by atoms with van der Waals surface area (Å²) in [6.07, 6.45) is 1.44. The third-order valence-corrected chi connectivity index (χ3v) is 2.92. The molecule has 0 aliphatic carbocycles. The largest absolute Gasteiger partial charge is 0.490 e. The van der Waals surface area contributed by atoms with Gasteiger partial charge in [-0.15, -0.1) is 0 Å². The van der Waals surface area contributed by atoms with Gasteiger partial charge in [-0.2, -0.15) is 0 Å². The summed E-state index contributed by atoms with van der Waals surface area (Å²) < 4.78 is 15.9. The van der Waals surface area contributed by atoms with Crippen LogP contribution >= 0.6 is 0 Å². The van der Waals surface area contributed by atoms with Gasteiger partial charge in [-0.3, -0.25) is 4.79 Å². The van der Waals surface area contributed by atoms with Gasteiger partial charge in [0.15, 0.2) is 5.78 Å². The number of ether oxygens (including phenoxy) is 3. The van der Waals surface area contributed by atoms with Crippen LogP contribution in [0.15, 0.2) is 24.3 Å². The molecule has 1 aliphatic rings. The Hall–Kier alpha value is -1.39. The van der Waals surface area contributed by atoms with Gasteiger partial charge >= 0.3 is 0 Å². The Labute approximate surface area is 107 Å². The van der Waals surface area contributed by atoms with Crippen LogP contribution in [0.25, 0.3) is 0 Å². The third kappa shape index (κ3) is 3.09. The minimum atomic E-state index is -0.308. The lowest BCUT2D eigenvalue weighted by Gasteiger charge is -2.13. The summed E-state index contributed by atoms with van der Waals surface area (Å²) in [7, 11) is 1.62. The maximum atomic E-state index is 12.3. The molecule has 1 atom stereocenters. The number of hydrogen-bond donors (Lipinski definition) is 0. The molecule has 0 saturated carbocycles. The summed E-state index contributed by atoms with van der Waals surface area (Å²) in [5, 5.41) is 0. The Balaban J connectivity index is 2.08. The van der Waals surface area contributed by atoms with Gasteiger partial charge in [0.25, 0.3) is 0 Å². The van der Waals surface area contributed by atoms with Crippen LogP contribution in [0.4, 0.5) is 0 Å². The van der Waals surface area contributed by atoms with Crippen LogP contribution in [-0.2, 0) is 9.47 Å². The van der Waals surface area contributed by atoms with Gasteiger partial charge in [-0.25, -0.2) is 0 Å². The first kappa shape index (κ1) is 13.1. The number of hydrogen-bond acceptors (Lipinski definition) is 4. The van der Waals surface area contributed by atoms with E-state index in [0.29, 0.717) is 31.1 Å². The van der Waals surface area contributed by atoms with E-state index in [1.807, 2.05) is 12.1 Å². The van der Waals surface area contributed by atoms with E-state index in [2.05, 4.69) is 0 Å². The number of Topliss-reactive ketones (excluding diaryl/α,β-unsaturated/α-hetero) is 1. The lowest BCUT2D eigenvalue weighted by atomic mass is 10.0. The van der Waals surface area contributed by atoms with Crippen LogP contribution in [0.5, 0.6) is 5.75 Å². The van der Waals surface area contributed by atoms with Crippen molar-refractivity contribution in [2.45, 2.75) is 18.9 Å². The van der Waals surface area contributed by atoms with Gasteiger partial charge in [-0.1, -0.05) is 12.1 Å². The number of benzene rings is 1. The van der Waals surface area contributed by atoms with Crippen LogP contribution in [0, 0.1) is 0 Å². The average Bonchev–Trinajstić information content (AvgIpc) is 2.93. The molecular weight excluding hydrogens is 232 g/mol. The Morgan fingerprint density at radius 3 is 2.94 bits per heavy atom. The monoisotopic (exact) mass is 250 g/mol. The molecule has 1 fully saturated rings. The summed E-state index contributed by atoms with van der Waals surface area (Å²) in [6.45, 7) is 1.61. The molecular formula is C14H18O4. The molecule has 4 nitrogen and oxygen atoms in total. The maximum Gasteiger partial charge on any atom is 0.195 e.